The zero-order valence-corrected chi connectivity index (χ0v) is 14.9. The van der Waals surface area contributed by atoms with Gasteiger partial charge in [0.2, 0.25) is 5.91 Å². The Balaban J connectivity index is 1.78. The van der Waals surface area contributed by atoms with Gasteiger partial charge in [0.05, 0.1) is 18.9 Å². The van der Waals surface area contributed by atoms with E-state index in [0.717, 1.165) is 35.4 Å². The molecule has 0 radical (unpaired) electrons. The van der Waals surface area contributed by atoms with Crippen LogP contribution in [0.4, 0.5) is 4.39 Å². The predicted molar refractivity (Wildman–Crippen MR) is 97.6 cm³/mol. The van der Waals surface area contributed by atoms with E-state index in [-0.39, 0.29) is 23.7 Å². The molecule has 1 aliphatic carbocycles. The number of amides is 1. The van der Waals surface area contributed by atoms with Crippen molar-refractivity contribution >= 4 is 11.6 Å². The van der Waals surface area contributed by atoms with E-state index in [2.05, 4.69) is 0 Å². The maximum absolute atomic E-state index is 13.4. The lowest BCUT2D eigenvalue weighted by atomic mass is 9.77. The van der Waals surface area contributed by atoms with Gasteiger partial charge in [0.1, 0.15) is 11.6 Å². The van der Waals surface area contributed by atoms with Crippen LogP contribution in [-0.4, -0.2) is 23.7 Å². The van der Waals surface area contributed by atoms with Gasteiger partial charge in [-0.3, -0.25) is 4.79 Å². The molecule has 4 rings (SSSR count). The molecule has 5 heteroatoms. The van der Waals surface area contributed by atoms with Crippen LogP contribution in [0.15, 0.2) is 47.6 Å². The van der Waals surface area contributed by atoms with Crippen molar-refractivity contribution < 1.29 is 13.9 Å². The number of benzene rings is 2. The zero-order valence-electron chi connectivity index (χ0n) is 14.9. The first-order valence-corrected chi connectivity index (χ1v) is 8.95. The molecule has 1 aliphatic heterocycles. The lowest BCUT2D eigenvalue weighted by Gasteiger charge is -2.29. The smallest absolute Gasteiger partial charge is 0.242 e. The third-order valence-electron chi connectivity index (χ3n) is 5.29. The normalized spacial score (nSPS) is 21.0. The Morgan fingerprint density at radius 2 is 2.04 bits per heavy atom. The van der Waals surface area contributed by atoms with Crippen LogP contribution in [0.3, 0.4) is 0 Å². The highest BCUT2D eigenvalue weighted by atomic mass is 19.1. The first kappa shape index (κ1) is 16.8. The molecule has 2 aliphatic rings. The fraction of sp³-hybridized carbons (Fsp3) is 0.333. The molecule has 0 bridgehead atoms. The Labute approximate surface area is 152 Å². The maximum Gasteiger partial charge on any atom is 0.242 e. The quantitative estimate of drug-likeness (QED) is 0.835. The van der Waals surface area contributed by atoms with Gasteiger partial charge < -0.3 is 4.74 Å². The number of aryl methyl sites for hydroxylation is 1. The Kier molecular flexibility index (Phi) is 4.23. The number of carbonyl (C=O) groups is 1. The van der Waals surface area contributed by atoms with E-state index in [1.165, 1.54) is 17.7 Å². The van der Waals surface area contributed by atoms with Gasteiger partial charge >= 0.3 is 0 Å². The molecule has 0 spiro atoms. The second kappa shape index (κ2) is 6.56. The van der Waals surface area contributed by atoms with Crippen LogP contribution in [0.5, 0.6) is 5.75 Å². The van der Waals surface area contributed by atoms with E-state index >= 15 is 0 Å². The van der Waals surface area contributed by atoms with Crippen molar-refractivity contribution in [2.45, 2.75) is 32.2 Å². The summed E-state index contributed by atoms with van der Waals surface area (Å²) in [5.74, 6) is 0.660. The summed E-state index contributed by atoms with van der Waals surface area (Å²) < 4.78 is 18.7. The summed E-state index contributed by atoms with van der Waals surface area (Å²) in [6, 6.07) is 12.3. The average molecular weight is 352 g/mol. The van der Waals surface area contributed by atoms with E-state index in [4.69, 9.17) is 9.84 Å². The van der Waals surface area contributed by atoms with Gasteiger partial charge in [-0.2, -0.15) is 5.10 Å². The molecule has 0 saturated heterocycles. The van der Waals surface area contributed by atoms with Gasteiger partial charge in [0, 0.05) is 17.9 Å². The van der Waals surface area contributed by atoms with Crippen LogP contribution in [0, 0.1) is 11.7 Å². The second-order valence-corrected chi connectivity index (χ2v) is 6.74. The fourth-order valence-electron chi connectivity index (χ4n) is 3.99. The van der Waals surface area contributed by atoms with Crippen molar-refractivity contribution in [3.05, 3.63) is 65.0 Å². The molecule has 134 valence electrons. The zero-order chi connectivity index (χ0) is 18.3. The molecule has 1 heterocycles. The predicted octanol–water partition coefficient (Wildman–Crippen LogP) is 4.09. The van der Waals surface area contributed by atoms with Crippen molar-refractivity contribution in [1.29, 1.82) is 0 Å². The van der Waals surface area contributed by atoms with Crippen molar-refractivity contribution in [2.24, 2.45) is 11.0 Å². The molecule has 26 heavy (non-hydrogen) atoms. The molecule has 0 aromatic heterocycles. The number of hydrogen-bond acceptors (Lipinski definition) is 3. The molecular formula is C21H21FN2O2. The largest absolute Gasteiger partial charge is 0.497 e. The van der Waals surface area contributed by atoms with Crippen LogP contribution < -0.4 is 4.74 Å². The van der Waals surface area contributed by atoms with Gasteiger partial charge in [-0.15, -0.1) is 0 Å². The Morgan fingerprint density at radius 3 is 2.73 bits per heavy atom. The first-order chi connectivity index (χ1) is 12.6. The molecular weight excluding hydrogens is 331 g/mol. The van der Waals surface area contributed by atoms with E-state index < -0.39 is 0 Å². The van der Waals surface area contributed by atoms with E-state index in [9.17, 15) is 9.18 Å². The standard InChI is InChI=1S/C21H21FN2O2/c1-3-19(25)24-21(13-4-7-15(22)8-5-13)18-10-6-14-12-16(26-2)9-11-17(14)20(18)23-24/h4-5,7-9,11-12,18,21H,3,6,10H2,1-2H3. The van der Waals surface area contributed by atoms with E-state index in [1.807, 2.05) is 25.1 Å². The van der Waals surface area contributed by atoms with Gasteiger partial charge in [0.15, 0.2) is 0 Å². The van der Waals surface area contributed by atoms with Crippen LogP contribution >= 0.6 is 0 Å². The molecule has 2 aromatic carbocycles. The Morgan fingerprint density at radius 1 is 1.27 bits per heavy atom. The lowest BCUT2D eigenvalue weighted by molar-refractivity contribution is -0.133. The summed E-state index contributed by atoms with van der Waals surface area (Å²) >= 11 is 0. The number of methoxy groups -OCH3 is 1. The van der Waals surface area contributed by atoms with Crippen molar-refractivity contribution in [3.8, 4) is 5.75 Å². The number of fused-ring (bicyclic) bond motifs is 3. The summed E-state index contributed by atoms with van der Waals surface area (Å²) in [6.45, 7) is 1.84. The van der Waals surface area contributed by atoms with E-state index in [0.29, 0.717) is 6.42 Å². The third-order valence-corrected chi connectivity index (χ3v) is 5.29. The number of ether oxygens (including phenoxy) is 1. The SMILES string of the molecule is CCC(=O)N1N=C2c3ccc(OC)cc3CCC2C1c1ccc(F)cc1. The molecule has 4 nitrogen and oxygen atoms in total. The summed E-state index contributed by atoms with van der Waals surface area (Å²) in [4.78, 5) is 12.5. The monoisotopic (exact) mass is 352 g/mol. The minimum absolute atomic E-state index is 0.0173. The van der Waals surface area contributed by atoms with Gasteiger partial charge in [-0.05, 0) is 54.3 Å². The number of hydrogen-bond donors (Lipinski definition) is 0. The minimum atomic E-state index is -0.276. The van der Waals surface area contributed by atoms with Crippen LogP contribution in [-0.2, 0) is 11.2 Å². The Hall–Kier alpha value is -2.69. The van der Waals surface area contributed by atoms with Crippen LogP contribution in [0.1, 0.15) is 42.5 Å². The molecule has 2 atom stereocenters. The molecule has 2 aromatic rings. The minimum Gasteiger partial charge on any atom is -0.497 e. The molecule has 0 N–H and O–H groups in total. The maximum atomic E-state index is 13.4. The lowest BCUT2D eigenvalue weighted by Crippen LogP contribution is -2.31. The van der Waals surface area contributed by atoms with Crippen molar-refractivity contribution in [3.63, 3.8) is 0 Å². The number of rotatable bonds is 3. The molecule has 0 saturated carbocycles. The summed E-state index contributed by atoms with van der Waals surface area (Å²) in [5, 5.41) is 6.33. The molecule has 0 fully saturated rings. The average Bonchev–Trinajstić information content (AvgIpc) is 3.07. The number of carbonyl (C=O) groups excluding carboxylic acids is 1. The van der Waals surface area contributed by atoms with Crippen LogP contribution in [0.25, 0.3) is 0 Å². The first-order valence-electron chi connectivity index (χ1n) is 8.95. The van der Waals surface area contributed by atoms with Gasteiger partial charge in [0.25, 0.3) is 0 Å². The van der Waals surface area contributed by atoms with Crippen molar-refractivity contribution in [2.75, 3.05) is 7.11 Å². The number of hydrazone groups is 1. The third kappa shape index (κ3) is 2.68. The highest BCUT2D eigenvalue weighted by molar-refractivity contribution is 6.07. The topological polar surface area (TPSA) is 41.9 Å². The highest BCUT2D eigenvalue weighted by Gasteiger charge is 2.43. The van der Waals surface area contributed by atoms with Gasteiger partial charge in [-0.25, -0.2) is 9.40 Å². The van der Waals surface area contributed by atoms with Gasteiger partial charge in [-0.1, -0.05) is 19.1 Å². The second-order valence-electron chi connectivity index (χ2n) is 6.74. The summed E-state index contributed by atoms with van der Waals surface area (Å²) in [6.07, 6.45) is 2.19. The number of halogens is 1. The fourth-order valence-corrected chi connectivity index (χ4v) is 3.99. The Bertz CT molecular complexity index is 876. The summed E-state index contributed by atoms with van der Waals surface area (Å²) in [5.41, 5.74) is 4.16. The van der Waals surface area contributed by atoms with E-state index in [1.54, 1.807) is 24.3 Å². The van der Waals surface area contributed by atoms with Crippen LogP contribution in [0.2, 0.25) is 0 Å². The summed E-state index contributed by atoms with van der Waals surface area (Å²) in [7, 11) is 1.66. The molecule has 2 unspecified atom stereocenters. The molecule has 1 amide bonds. The number of nitrogens with zero attached hydrogens (tertiary/aromatic N) is 2. The highest BCUT2D eigenvalue weighted by Crippen LogP contribution is 2.44. The van der Waals surface area contributed by atoms with Crippen molar-refractivity contribution in [1.82, 2.24) is 5.01 Å².